The molecule has 0 saturated heterocycles. The quantitative estimate of drug-likeness (QED) is 0.596. The number of carbonyl (C=O) groups excluding carboxylic acids is 2. The van der Waals surface area contributed by atoms with E-state index in [0.717, 1.165) is 4.40 Å². The maximum Gasteiger partial charge on any atom is 0.456 e. The van der Waals surface area contributed by atoms with Gasteiger partial charge in [-0.05, 0) is 12.1 Å². The Morgan fingerprint density at radius 3 is 2.65 bits per heavy atom. The van der Waals surface area contributed by atoms with E-state index in [0.29, 0.717) is 6.29 Å². The van der Waals surface area contributed by atoms with Gasteiger partial charge in [-0.3, -0.25) is 14.0 Å². The minimum Gasteiger partial charge on any atom is -0.297 e. The van der Waals surface area contributed by atoms with E-state index < -0.39 is 17.7 Å². The van der Waals surface area contributed by atoms with Gasteiger partial charge in [0, 0.05) is 6.20 Å². The van der Waals surface area contributed by atoms with E-state index in [4.69, 9.17) is 0 Å². The van der Waals surface area contributed by atoms with Crippen LogP contribution in [-0.2, 0) is 0 Å². The van der Waals surface area contributed by atoms with Gasteiger partial charge in [-0.15, -0.1) is 0 Å². The number of carbonyl (C=O) groups is 2. The van der Waals surface area contributed by atoms with E-state index in [1.165, 1.54) is 24.4 Å². The molecule has 0 atom stereocenters. The number of alkyl halides is 3. The van der Waals surface area contributed by atoms with E-state index in [-0.39, 0.29) is 11.3 Å². The third kappa shape index (κ3) is 1.79. The summed E-state index contributed by atoms with van der Waals surface area (Å²) in [6.45, 7) is 0. The topological polar surface area (TPSA) is 51.4 Å². The molecule has 0 aliphatic carbocycles. The molecule has 0 radical (unpaired) electrons. The number of halogens is 3. The summed E-state index contributed by atoms with van der Waals surface area (Å²) in [5.41, 5.74) is -0.808. The highest BCUT2D eigenvalue weighted by atomic mass is 19.4. The standard InChI is InChI=1S/C10H5F3N2O2/c11-10(12,13)9(17)8-6-3-1-2-4-15(6)7(5-16)14-8/h1-5H. The Morgan fingerprint density at radius 2 is 2.06 bits per heavy atom. The fraction of sp³-hybridized carbons (Fsp3) is 0.100. The number of hydrogen-bond donors (Lipinski definition) is 0. The first-order chi connectivity index (χ1) is 7.95. The molecule has 0 aliphatic rings. The SMILES string of the molecule is O=Cc1nc(C(=O)C(F)(F)F)c2ccccn12. The number of hydrogen-bond acceptors (Lipinski definition) is 3. The summed E-state index contributed by atoms with van der Waals surface area (Å²) >= 11 is 0. The molecule has 0 saturated carbocycles. The average molecular weight is 242 g/mol. The molecule has 0 aromatic carbocycles. The zero-order chi connectivity index (χ0) is 12.6. The monoisotopic (exact) mass is 242 g/mol. The van der Waals surface area contributed by atoms with Gasteiger partial charge in [0.2, 0.25) is 0 Å². The number of rotatable bonds is 2. The first-order valence-electron chi connectivity index (χ1n) is 4.49. The maximum atomic E-state index is 12.3. The van der Waals surface area contributed by atoms with Crippen molar-refractivity contribution in [2.24, 2.45) is 0 Å². The number of nitrogens with zero attached hydrogens (tertiary/aromatic N) is 2. The molecule has 7 heteroatoms. The Morgan fingerprint density at radius 1 is 1.35 bits per heavy atom. The second kappa shape index (κ2) is 3.69. The maximum absolute atomic E-state index is 12.3. The summed E-state index contributed by atoms with van der Waals surface area (Å²) in [7, 11) is 0. The zero-order valence-electron chi connectivity index (χ0n) is 8.23. The van der Waals surface area contributed by atoms with Gasteiger partial charge in [0.25, 0.3) is 5.78 Å². The highest BCUT2D eigenvalue weighted by Crippen LogP contribution is 2.23. The van der Waals surface area contributed by atoms with Crippen LogP contribution in [0.2, 0.25) is 0 Å². The Labute approximate surface area is 92.7 Å². The molecule has 88 valence electrons. The summed E-state index contributed by atoms with van der Waals surface area (Å²) in [5.74, 6) is -2.30. The highest BCUT2D eigenvalue weighted by molar-refractivity contribution is 6.04. The predicted molar refractivity (Wildman–Crippen MR) is 51.0 cm³/mol. The minimum atomic E-state index is -5.01. The van der Waals surface area contributed by atoms with Crippen molar-refractivity contribution in [1.82, 2.24) is 9.38 Å². The third-order valence-electron chi connectivity index (χ3n) is 2.15. The zero-order valence-corrected chi connectivity index (χ0v) is 8.23. The number of aldehydes is 1. The molecule has 2 rings (SSSR count). The lowest BCUT2D eigenvalue weighted by atomic mass is 10.2. The molecule has 0 bridgehead atoms. The van der Waals surface area contributed by atoms with Crippen LogP contribution in [-0.4, -0.2) is 27.6 Å². The number of fused-ring (bicyclic) bond motifs is 1. The number of imidazole rings is 1. The van der Waals surface area contributed by atoms with Gasteiger partial charge in [-0.25, -0.2) is 4.98 Å². The molecular weight excluding hydrogens is 237 g/mol. The molecule has 2 aromatic rings. The summed E-state index contributed by atoms with van der Waals surface area (Å²) < 4.78 is 38.0. The lowest BCUT2D eigenvalue weighted by Gasteiger charge is -2.02. The lowest BCUT2D eigenvalue weighted by molar-refractivity contribution is -0.0887. The lowest BCUT2D eigenvalue weighted by Crippen LogP contribution is -2.23. The fourth-order valence-corrected chi connectivity index (χ4v) is 1.45. The second-order valence-electron chi connectivity index (χ2n) is 3.22. The third-order valence-corrected chi connectivity index (χ3v) is 2.15. The minimum absolute atomic E-state index is 0.0445. The van der Waals surface area contributed by atoms with Crippen LogP contribution in [0, 0.1) is 0 Å². The Balaban J connectivity index is 2.71. The van der Waals surface area contributed by atoms with Gasteiger partial charge in [-0.1, -0.05) is 6.07 Å². The van der Waals surface area contributed by atoms with Gasteiger partial charge in [0.05, 0.1) is 5.52 Å². The first-order valence-corrected chi connectivity index (χ1v) is 4.49. The smallest absolute Gasteiger partial charge is 0.297 e. The average Bonchev–Trinajstić information content (AvgIpc) is 2.65. The molecule has 0 aliphatic heterocycles. The van der Waals surface area contributed by atoms with Gasteiger partial charge in [0.1, 0.15) is 5.69 Å². The summed E-state index contributed by atoms with van der Waals surface area (Å²) in [6, 6.07) is 4.27. The van der Waals surface area contributed by atoms with Crippen molar-refractivity contribution in [2.45, 2.75) is 6.18 Å². The van der Waals surface area contributed by atoms with Crippen molar-refractivity contribution in [3.05, 3.63) is 35.9 Å². The molecule has 4 nitrogen and oxygen atoms in total. The largest absolute Gasteiger partial charge is 0.456 e. The number of Topliss-reactive ketones (excluding diaryl/α,β-unsaturated/α-hetero) is 1. The van der Waals surface area contributed by atoms with E-state index in [1.807, 2.05) is 0 Å². The van der Waals surface area contributed by atoms with Crippen LogP contribution in [0.5, 0.6) is 0 Å². The molecule has 0 N–H and O–H groups in total. The van der Waals surface area contributed by atoms with Crippen LogP contribution < -0.4 is 0 Å². The van der Waals surface area contributed by atoms with Crippen molar-refractivity contribution in [3.8, 4) is 0 Å². The molecule has 0 spiro atoms. The molecule has 0 amide bonds. The molecule has 2 aromatic heterocycles. The molecule has 0 unspecified atom stereocenters. The van der Waals surface area contributed by atoms with E-state index in [1.54, 1.807) is 0 Å². The predicted octanol–water partition coefficient (Wildman–Crippen LogP) is 1.89. The Bertz CT molecular complexity index is 601. The van der Waals surface area contributed by atoms with Gasteiger partial charge in [0.15, 0.2) is 12.1 Å². The molecule has 0 fully saturated rings. The van der Waals surface area contributed by atoms with Gasteiger partial charge < -0.3 is 0 Å². The first kappa shape index (κ1) is 11.3. The summed E-state index contributed by atoms with van der Waals surface area (Å²) in [4.78, 5) is 25.1. The number of aromatic nitrogens is 2. The van der Waals surface area contributed by atoms with Crippen LogP contribution in [0.4, 0.5) is 13.2 Å². The van der Waals surface area contributed by atoms with Crippen LogP contribution in [0.3, 0.4) is 0 Å². The number of ketones is 1. The molecular formula is C10H5F3N2O2. The van der Waals surface area contributed by atoms with Crippen molar-refractivity contribution < 1.29 is 22.8 Å². The van der Waals surface area contributed by atoms with Crippen LogP contribution in [0.15, 0.2) is 24.4 Å². The normalized spacial score (nSPS) is 11.7. The number of pyridine rings is 1. The molecule has 2 heterocycles. The van der Waals surface area contributed by atoms with Crippen molar-refractivity contribution in [2.75, 3.05) is 0 Å². The molecule has 17 heavy (non-hydrogen) atoms. The Hall–Kier alpha value is -2.18. The van der Waals surface area contributed by atoms with Crippen molar-refractivity contribution in [3.63, 3.8) is 0 Å². The van der Waals surface area contributed by atoms with E-state index in [2.05, 4.69) is 4.98 Å². The van der Waals surface area contributed by atoms with Gasteiger partial charge in [-0.2, -0.15) is 13.2 Å². The van der Waals surface area contributed by atoms with Crippen LogP contribution in [0.1, 0.15) is 21.1 Å². The summed E-state index contributed by atoms with van der Waals surface area (Å²) in [6.07, 6.45) is -3.36. The Kier molecular flexibility index (Phi) is 2.45. The summed E-state index contributed by atoms with van der Waals surface area (Å²) in [5, 5.41) is 0. The van der Waals surface area contributed by atoms with Gasteiger partial charge >= 0.3 is 6.18 Å². The van der Waals surface area contributed by atoms with E-state index in [9.17, 15) is 22.8 Å². The van der Waals surface area contributed by atoms with Crippen LogP contribution >= 0.6 is 0 Å². The van der Waals surface area contributed by atoms with Crippen molar-refractivity contribution >= 4 is 17.6 Å². The van der Waals surface area contributed by atoms with Crippen LogP contribution in [0.25, 0.3) is 5.52 Å². The van der Waals surface area contributed by atoms with Crippen molar-refractivity contribution in [1.29, 1.82) is 0 Å². The second-order valence-corrected chi connectivity index (χ2v) is 3.22. The fourth-order valence-electron chi connectivity index (χ4n) is 1.45. The highest BCUT2D eigenvalue weighted by Gasteiger charge is 2.42. The van der Waals surface area contributed by atoms with E-state index >= 15 is 0 Å².